The summed E-state index contributed by atoms with van der Waals surface area (Å²) in [4.78, 5) is 0. The molecule has 0 bridgehead atoms. The predicted molar refractivity (Wildman–Crippen MR) is 46.3 cm³/mol. The van der Waals surface area contributed by atoms with E-state index in [1.165, 1.54) is 0 Å². The van der Waals surface area contributed by atoms with Crippen LogP contribution in [0.25, 0.3) is 0 Å². The third-order valence-electron chi connectivity index (χ3n) is 0. The van der Waals surface area contributed by atoms with E-state index in [1.807, 2.05) is 0 Å². The summed E-state index contributed by atoms with van der Waals surface area (Å²) in [6, 6.07) is 0. The Balaban J connectivity index is -0.00000000300. The molecule has 0 amide bonds. The number of hydrogen-bond donors (Lipinski definition) is 5. The SMILES string of the molecule is N.N.N.N.N.O.[Cl][Co]([Cl])[Cl]. The number of hydrogen-bond acceptors (Lipinski definition) is 5. The molecule has 0 aromatic rings. The monoisotopic (exact) mass is 267 g/mol. The van der Waals surface area contributed by atoms with E-state index in [-0.39, 0.29) is 36.2 Å². The maximum atomic E-state index is 4.87. The molecule has 0 spiro atoms. The van der Waals surface area contributed by atoms with Crippen molar-refractivity contribution in [3.63, 3.8) is 0 Å². The normalized spacial score (nSPS) is 4.50. The third kappa shape index (κ3) is 468. The minimum atomic E-state index is -1.19. The average Bonchev–Trinajstić information content (AvgIpc) is 0.811. The van der Waals surface area contributed by atoms with Gasteiger partial charge in [0.25, 0.3) is 0 Å². The molecule has 0 saturated carbocycles. The Morgan fingerprint density at radius 2 is 0.600 bits per heavy atom. The van der Waals surface area contributed by atoms with E-state index in [1.54, 1.807) is 0 Å². The molecule has 78 valence electrons. The second kappa shape index (κ2) is 49.5. The van der Waals surface area contributed by atoms with Gasteiger partial charge in [-0.15, -0.1) is 0 Å². The predicted octanol–water partition coefficient (Wildman–Crippen LogP) is 2.05. The van der Waals surface area contributed by atoms with E-state index in [9.17, 15) is 0 Å². The van der Waals surface area contributed by atoms with Gasteiger partial charge < -0.3 is 36.2 Å². The molecule has 0 heterocycles. The van der Waals surface area contributed by atoms with E-state index in [4.69, 9.17) is 30.4 Å². The zero-order chi connectivity index (χ0) is 3.58. The van der Waals surface area contributed by atoms with Crippen LogP contribution < -0.4 is 30.8 Å². The molecule has 0 atom stereocenters. The Labute approximate surface area is 77.7 Å². The van der Waals surface area contributed by atoms with Crippen LogP contribution in [0.5, 0.6) is 0 Å². The first kappa shape index (κ1) is 66.9. The molecular formula is H17Cl3CoN5O. The van der Waals surface area contributed by atoms with Crippen molar-refractivity contribution in [2.24, 2.45) is 0 Å². The van der Waals surface area contributed by atoms with Gasteiger partial charge in [-0.2, -0.15) is 0 Å². The van der Waals surface area contributed by atoms with Crippen molar-refractivity contribution in [1.29, 1.82) is 0 Å². The van der Waals surface area contributed by atoms with Crippen LogP contribution >= 0.6 is 30.4 Å². The van der Waals surface area contributed by atoms with Crippen LogP contribution in [0.2, 0.25) is 0 Å². The summed E-state index contributed by atoms with van der Waals surface area (Å²) in [6.45, 7) is 0. The standard InChI is InChI=1S/3ClH.Co.5H3N.H2O/h3*1H;;5*1H3;1H2/q;;;+3;;;;;;/p-3. The Morgan fingerprint density at radius 1 is 0.600 bits per heavy atom. The van der Waals surface area contributed by atoms with Crippen LogP contribution in [0.4, 0.5) is 0 Å². The fraction of sp³-hybridized carbons (Fsp3) is 0. The van der Waals surface area contributed by atoms with Gasteiger partial charge in [0.05, 0.1) is 0 Å². The minimum absolute atomic E-state index is 0. The first-order chi connectivity index (χ1) is 1.73. The van der Waals surface area contributed by atoms with Gasteiger partial charge in [-0.1, -0.05) is 0 Å². The van der Waals surface area contributed by atoms with Crippen LogP contribution in [-0.4, -0.2) is 5.48 Å². The van der Waals surface area contributed by atoms with Crippen molar-refractivity contribution >= 4 is 30.4 Å². The molecule has 17 N–H and O–H groups in total. The maximum absolute atomic E-state index is 4.87. The van der Waals surface area contributed by atoms with Gasteiger partial charge in [-0.05, 0) is 0 Å². The Bertz CT molecular complexity index is 21.6. The van der Waals surface area contributed by atoms with Gasteiger partial charge in [-0.3, -0.25) is 0 Å². The van der Waals surface area contributed by atoms with E-state index in [0.717, 1.165) is 0 Å². The van der Waals surface area contributed by atoms with Crippen molar-refractivity contribution in [2.75, 3.05) is 0 Å². The van der Waals surface area contributed by atoms with E-state index < -0.39 is 10.9 Å². The van der Waals surface area contributed by atoms with Crippen LogP contribution in [0.15, 0.2) is 0 Å². The Kier molecular flexibility index (Phi) is 331. The molecule has 0 aromatic carbocycles. The van der Waals surface area contributed by atoms with Crippen LogP contribution in [0.1, 0.15) is 0 Å². The van der Waals surface area contributed by atoms with Crippen molar-refractivity contribution in [2.45, 2.75) is 0 Å². The molecule has 0 fully saturated rings. The molecule has 0 aliphatic carbocycles. The number of rotatable bonds is 0. The third-order valence-corrected chi connectivity index (χ3v) is 0. The van der Waals surface area contributed by atoms with Gasteiger partial charge in [0.2, 0.25) is 0 Å². The van der Waals surface area contributed by atoms with E-state index >= 15 is 0 Å². The van der Waals surface area contributed by atoms with Crippen molar-refractivity contribution in [1.82, 2.24) is 30.8 Å². The zero-order valence-electron chi connectivity index (χ0n) is 5.50. The molecule has 10 heteroatoms. The van der Waals surface area contributed by atoms with Crippen LogP contribution in [-0.2, 0) is 10.9 Å². The second-order valence-corrected chi connectivity index (χ2v) is 5.30. The molecule has 0 aliphatic rings. The van der Waals surface area contributed by atoms with Crippen LogP contribution in [0, 0.1) is 0 Å². The first-order valence-electron chi connectivity index (χ1n) is 0.378. The van der Waals surface area contributed by atoms with Gasteiger partial charge in [0, 0.05) is 0 Å². The number of halogens is 3. The quantitative estimate of drug-likeness (QED) is 0.445. The summed E-state index contributed by atoms with van der Waals surface area (Å²) in [5.74, 6) is 0. The fourth-order valence-electron chi connectivity index (χ4n) is 0. The van der Waals surface area contributed by atoms with Gasteiger partial charge in [0.15, 0.2) is 0 Å². The Hall–Kier alpha value is 1.14. The molecule has 0 unspecified atom stereocenters. The Morgan fingerprint density at radius 3 is 0.600 bits per heavy atom. The second-order valence-electron chi connectivity index (χ2n) is 0.143. The van der Waals surface area contributed by atoms with Crippen molar-refractivity contribution in [3.05, 3.63) is 0 Å². The zero-order valence-corrected chi connectivity index (χ0v) is 8.81. The van der Waals surface area contributed by atoms with Crippen LogP contribution in [0.3, 0.4) is 0 Å². The van der Waals surface area contributed by atoms with Crippen molar-refractivity contribution in [3.8, 4) is 0 Å². The molecule has 0 rings (SSSR count). The molecule has 6 nitrogen and oxygen atoms in total. The van der Waals surface area contributed by atoms with Gasteiger partial charge in [0.1, 0.15) is 0 Å². The summed E-state index contributed by atoms with van der Waals surface area (Å²) in [5, 5.41) is 0. The summed E-state index contributed by atoms with van der Waals surface area (Å²) in [6.07, 6.45) is 0. The van der Waals surface area contributed by atoms with E-state index in [2.05, 4.69) is 0 Å². The fourth-order valence-corrected chi connectivity index (χ4v) is 0. The average molecular weight is 268 g/mol. The topological polar surface area (TPSA) is 206 Å². The van der Waals surface area contributed by atoms with Gasteiger partial charge >= 0.3 is 41.4 Å². The van der Waals surface area contributed by atoms with E-state index in [0.29, 0.717) is 0 Å². The van der Waals surface area contributed by atoms with Crippen molar-refractivity contribution < 1.29 is 16.4 Å². The summed E-state index contributed by atoms with van der Waals surface area (Å²) in [7, 11) is 13.4. The molecule has 0 radical (unpaired) electrons. The summed E-state index contributed by atoms with van der Waals surface area (Å²) >= 11 is 0. The van der Waals surface area contributed by atoms with Gasteiger partial charge in [-0.25, -0.2) is 0 Å². The summed E-state index contributed by atoms with van der Waals surface area (Å²) < 4.78 is 0. The molecule has 0 aromatic heterocycles. The molecule has 10 heavy (non-hydrogen) atoms. The summed E-state index contributed by atoms with van der Waals surface area (Å²) in [5.41, 5.74) is 0. The molecule has 0 aliphatic heterocycles. The first-order valence-corrected chi connectivity index (χ1v) is 4.68. The molecular weight excluding hydrogens is 251 g/mol. The molecule has 0 saturated heterocycles.